The smallest absolute Gasteiger partial charge is 0.245 e. The van der Waals surface area contributed by atoms with Crippen LogP contribution in [0.1, 0.15) is 10.9 Å². The molecule has 0 saturated carbocycles. The van der Waals surface area contributed by atoms with Crippen LogP contribution in [0, 0.1) is 0 Å². The van der Waals surface area contributed by atoms with Crippen molar-refractivity contribution in [1.29, 1.82) is 0 Å². The van der Waals surface area contributed by atoms with Gasteiger partial charge in [-0.15, -0.1) is 11.6 Å². The lowest BCUT2D eigenvalue weighted by Crippen LogP contribution is -2.42. The minimum absolute atomic E-state index is 0.108. The van der Waals surface area contributed by atoms with Gasteiger partial charge in [-0.05, 0) is 33.6 Å². The summed E-state index contributed by atoms with van der Waals surface area (Å²) in [7, 11) is 0. The molecule has 1 atom stereocenters. The Kier molecular flexibility index (Phi) is 4.57. The molecule has 1 aromatic rings. The fourth-order valence-corrected chi connectivity index (χ4v) is 3.20. The maximum atomic E-state index is 12.4. The van der Waals surface area contributed by atoms with Crippen molar-refractivity contribution in [2.45, 2.75) is 5.38 Å². The zero-order chi connectivity index (χ0) is 14.8. The average Bonchev–Trinajstić information content (AvgIpc) is 2.54. The molecule has 0 aromatic heterocycles. The number of ether oxygens (including phenoxy) is 3. The molecular weight excluding hydrogens is 362 g/mol. The molecule has 1 aromatic carbocycles. The maximum Gasteiger partial charge on any atom is 0.245 e. The van der Waals surface area contributed by atoms with Gasteiger partial charge in [0.05, 0.1) is 17.7 Å². The highest BCUT2D eigenvalue weighted by Gasteiger charge is 2.27. The lowest BCUT2D eigenvalue weighted by atomic mass is 10.1. The molecule has 0 radical (unpaired) electrons. The molecule has 2 aliphatic heterocycles. The van der Waals surface area contributed by atoms with Crippen molar-refractivity contribution in [1.82, 2.24) is 4.90 Å². The van der Waals surface area contributed by atoms with Crippen LogP contribution in [0.4, 0.5) is 0 Å². The van der Waals surface area contributed by atoms with E-state index in [1.54, 1.807) is 11.0 Å². The Morgan fingerprint density at radius 1 is 1.19 bits per heavy atom. The molecule has 1 saturated heterocycles. The van der Waals surface area contributed by atoms with Crippen molar-refractivity contribution in [2.75, 3.05) is 39.5 Å². The van der Waals surface area contributed by atoms with Crippen LogP contribution in [0.5, 0.6) is 11.5 Å². The van der Waals surface area contributed by atoms with Gasteiger partial charge < -0.3 is 19.1 Å². The first kappa shape index (κ1) is 14.9. The van der Waals surface area contributed by atoms with Crippen molar-refractivity contribution < 1.29 is 19.0 Å². The van der Waals surface area contributed by atoms with Gasteiger partial charge in [0.15, 0.2) is 11.5 Å². The predicted molar refractivity (Wildman–Crippen MR) is 81.1 cm³/mol. The molecule has 0 spiro atoms. The first-order valence-corrected chi connectivity index (χ1v) is 7.99. The van der Waals surface area contributed by atoms with E-state index in [2.05, 4.69) is 15.9 Å². The summed E-state index contributed by atoms with van der Waals surface area (Å²) in [5, 5.41) is -0.741. The molecule has 1 unspecified atom stereocenters. The largest absolute Gasteiger partial charge is 0.486 e. The van der Waals surface area contributed by atoms with Gasteiger partial charge >= 0.3 is 0 Å². The third-order valence-electron chi connectivity index (χ3n) is 3.45. The highest BCUT2D eigenvalue weighted by molar-refractivity contribution is 9.10. The maximum absolute atomic E-state index is 12.4. The van der Waals surface area contributed by atoms with Crippen LogP contribution in [0.15, 0.2) is 16.6 Å². The summed E-state index contributed by atoms with van der Waals surface area (Å²) in [6, 6.07) is 3.58. The lowest BCUT2D eigenvalue weighted by molar-refractivity contribution is -0.134. The number of amides is 1. The number of fused-ring (bicyclic) bond motifs is 1. The van der Waals surface area contributed by atoms with E-state index in [1.807, 2.05) is 6.07 Å². The van der Waals surface area contributed by atoms with Crippen molar-refractivity contribution in [3.63, 3.8) is 0 Å². The second-order valence-electron chi connectivity index (χ2n) is 4.83. The van der Waals surface area contributed by atoms with E-state index in [0.717, 1.165) is 4.47 Å². The molecule has 3 rings (SSSR count). The number of benzene rings is 1. The highest BCUT2D eigenvalue weighted by atomic mass is 79.9. The zero-order valence-corrected chi connectivity index (χ0v) is 13.7. The molecule has 0 aliphatic carbocycles. The second kappa shape index (κ2) is 6.42. The Bertz CT molecular complexity index is 548. The normalized spacial score (nSPS) is 19.2. The van der Waals surface area contributed by atoms with E-state index in [-0.39, 0.29) is 5.91 Å². The van der Waals surface area contributed by atoms with E-state index in [9.17, 15) is 4.79 Å². The Morgan fingerprint density at radius 3 is 2.67 bits per heavy atom. The molecule has 2 heterocycles. The first-order valence-electron chi connectivity index (χ1n) is 6.76. The number of hydrogen-bond acceptors (Lipinski definition) is 4. The highest BCUT2D eigenvalue weighted by Crippen LogP contribution is 2.41. The van der Waals surface area contributed by atoms with Gasteiger partial charge in [-0.1, -0.05) is 0 Å². The topological polar surface area (TPSA) is 48.0 Å². The van der Waals surface area contributed by atoms with Crippen LogP contribution in [0.3, 0.4) is 0 Å². The number of carbonyl (C=O) groups is 1. The van der Waals surface area contributed by atoms with Gasteiger partial charge in [0.25, 0.3) is 0 Å². The Labute approximate surface area is 136 Å². The van der Waals surface area contributed by atoms with Crippen molar-refractivity contribution in [3.05, 3.63) is 22.2 Å². The van der Waals surface area contributed by atoms with E-state index in [1.165, 1.54) is 0 Å². The van der Waals surface area contributed by atoms with E-state index in [4.69, 9.17) is 25.8 Å². The van der Waals surface area contributed by atoms with Crippen LogP contribution in [-0.2, 0) is 9.53 Å². The number of rotatable bonds is 2. The van der Waals surface area contributed by atoms with Gasteiger partial charge in [0, 0.05) is 13.1 Å². The first-order chi connectivity index (χ1) is 10.2. The van der Waals surface area contributed by atoms with Crippen molar-refractivity contribution >= 4 is 33.4 Å². The molecule has 2 aliphatic rings. The van der Waals surface area contributed by atoms with Gasteiger partial charge in [-0.2, -0.15) is 0 Å². The monoisotopic (exact) mass is 375 g/mol. The van der Waals surface area contributed by atoms with Crippen molar-refractivity contribution in [3.8, 4) is 11.5 Å². The Hall–Kier alpha value is -0.980. The molecule has 7 heteroatoms. The molecule has 114 valence electrons. The Balaban J connectivity index is 1.82. The number of carbonyl (C=O) groups excluding carboxylic acids is 1. The van der Waals surface area contributed by atoms with E-state index < -0.39 is 5.38 Å². The molecule has 5 nitrogen and oxygen atoms in total. The summed E-state index contributed by atoms with van der Waals surface area (Å²) in [6.45, 7) is 3.27. The van der Waals surface area contributed by atoms with E-state index in [0.29, 0.717) is 56.6 Å². The van der Waals surface area contributed by atoms with Gasteiger partial charge in [-0.3, -0.25) is 4.79 Å². The van der Waals surface area contributed by atoms with Gasteiger partial charge in [-0.25, -0.2) is 0 Å². The molecule has 1 fully saturated rings. The van der Waals surface area contributed by atoms with Crippen LogP contribution >= 0.6 is 27.5 Å². The molecular formula is C14H15BrClNO4. The standard InChI is InChI=1S/C14H15BrClNO4/c15-10-7-9(8-11-13(10)21-6-5-20-11)12(16)14(18)17-1-3-19-4-2-17/h7-8,12H,1-6H2. The Morgan fingerprint density at radius 2 is 1.90 bits per heavy atom. The van der Waals surface area contributed by atoms with Gasteiger partial charge in [0.1, 0.15) is 18.6 Å². The number of morpholine rings is 1. The quantitative estimate of drug-likeness (QED) is 0.744. The third-order valence-corrected chi connectivity index (χ3v) is 4.48. The van der Waals surface area contributed by atoms with Crippen molar-refractivity contribution in [2.24, 2.45) is 0 Å². The number of hydrogen-bond donors (Lipinski definition) is 0. The van der Waals surface area contributed by atoms with Crippen LogP contribution in [-0.4, -0.2) is 50.3 Å². The molecule has 0 N–H and O–H groups in total. The average molecular weight is 377 g/mol. The summed E-state index contributed by atoms with van der Waals surface area (Å²) in [5.74, 6) is 1.17. The summed E-state index contributed by atoms with van der Waals surface area (Å²) >= 11 is 9.79. The summed E-state index contributed by atoms with van der Waals surface area (Å²) in [5.41, 5.74) is 0.698. The predicted octanol–water partition coefficient (Wildman–Crippen LogP) is 2.36. The summed E-state index contributed by atoms with van der Waals surface area (Å²) in [6.07, 6.45) is 0. The number of halogens is 2. The molecule has 0 bridgehead atoms. The zero-order valence-electron chi connectivity index (χ0n) is 11.3. The lowest BCUT2D eigenvalue weighted by Gasteiger charge is -2.29. The minimum atomic E-state index is -0.741. The third kappa shape index (κ3) is 3.12. The fraction of sp³-hybridized carbons (Fsp3) is 0.500. The summed E-state index contributed by atoms with van der Waals surface area (Å²) in [4.78, 5) is 14.2. The SMILES string of the molecule is O=C(C(Cl)c1cc(Br)c2c(c1)OCCO2)N1CCOCC1. The van der Waals surface area contributed by atoms with E-state index >= 15 is 0 Å². The molecule has 21 heavy (non-hydrogen) atoms. The number of alkyl halides is 1. The minimum Gasteiger partial charge on any atom is -0.486 e. The summed E-state index contributed by atoms with van der Waals surface area (Å²) < 4.78 is 17.1. The number of nitrogens with zero attached hydrogens (tertiary/aromatic N) is 1. The second-order valence-corrected chi connectivity index (χ2v) is 6.12. The molecule has 1 amide bonds. The fourth-order valence-electron chi connectivity index (χ4n) is 2.36. The van der Waals surface area contributed by atoms with Crippen LogP contribution < -0.4 is 9.47 Å². The van der Waals surface area contributed by atoms with Crippen LogP contribution in [0.25, 0.3) is 0 Å². The van der Waals surface area contributed by atoms with Gasteiger partial charge in [0.2, 0.25) is 5.91 Å². The van der Waals surface area contributed by atoms with Crippen LogP contribution in [0.2, 0.25) is 0 Å².